The third-order valence-electron chi connectivity index (χ3n) is 1.59. The topological polar surface area (TPSA) is 29.1 Å². The van der Waals surface area contributed by atoms with Crippen molar-refractivity contribution < 1.29 is 4.79 Å². The van der Waals surface area contributed by atoms with Gasteiger partial charge in [0.05, 0.1) is 0 Å². The highest BCUT2D eigenvalue weighted by Gasteiger charge is 2.13. The van der Waals surface area contributed by atoms with Crippen LogP contribution in [-0.2, 0) is 4.79 Å². The molecule has 1 rings (SSSR count). The fourth-order valence-electron chi connectivity index (χ4n) is 0.978. The molecule has 1 aliphatic rings. The van der Waals surface area contributed by atoms with Crippen LogP contribution < -0.4 is 5.32 Å². The molecule has 1 fully saturated rings. The number of piperidine rings is 1. The molecule has 2 nitrogen and oxygen atoms in total. The second-order valence-electron chi connectivity index (χ2n) is 2.47. The van der Waals surface area contributed by atoms with Crippen LogP contribution in [0.1, 0.15) is 26.7 Å². The molecule has 1 heterocycles. The monoisotopic (exact) mass is 179 g/mol. The lowest BCUT2D eigenvalue weighted by molar-refractivity contribution is -0.120. The van der Waals surface area contributed by atoms with Crippen LogP contribution in [-0.4, -0.2) is 5.91 Å². The van der Waals surface area contributed by atoms with Crippen LogP contribution >= 0.6 is 0 Å². The Morgan fingerprint density at radius 1 is 1.38 bits per heavy atom. The summed E-state index contributed by atoms with van der Waals surface area (Å²) in [5.74, 6) is 0.0606. The van der Waals surface area contributed by atoms with Crippen LogP contribution in [0.5, 0.6) is 0 Å². The second-order valence-corrected chi connectivity index (χ2v) is 2.47. The van der Waals surface area contributed by atoms with Crippen molar-refractivity contribution in [1.29, 1.82) is 0 Å². The number of amides is 1. The van der Waals surface area contributed by atoms with Gasteiger partial charge in [0, 0.05) is 12.1 Å². The molecule has 1 aliphatic heterocycles. The molecule has 0 aromatic heterocycles. The van der Waals surface area contributed by atoms with Gasteiger partial charge in [0.15, 0.2) is 0 Å². The third-order valence-corrected chi connectivity index (χ3v) is 1.59. The number of carbonyl (C=O) groups excluding carboxylic acids is 1. The molecule has 0 aliphatic carbocycles. The summed E-state index contributed by atoms with van der Waals surface area (Å²) in [6, 6.07) is 0. The van der Waals surface area contributed by atoms with Crippen molar-refractivity contribution >= 4 is 5.91 Å². The van der Waals surface area contributed by atoms with Crippen LogP contribution in [0.3, 0.4) is 0 Å². The van der Waals surface area contributed by atoms with Gasteiger partial charge in [0.25, 0.3) is 0 Å². The van der Waals surface area contributed by atoms with Gasteiger partial charge in [-0.2, -0.15) is 0 Å². The smallest absolute Gasteiger partial charge is 0.224 e. The van der Waals surface area contributed by atoms with E-state index in [1.54, 1.807) is 12.2 Å². The molecule has 1 N–H and O–H groups in total. The summed E-state index contributed by atoms with van der Waals surface area (Å²) in [4.78, 5) is 10.9. The lowest BCUT2D eigenvalue weighted by Gasteiger charge is -2.17. The molecule has 0 aromatic rings. The maximum Gasteiger partial charge on any atom is 0.224 e. The first-order valence-electron chi connectivity index (χ1n) is 4.55. The van der Waals surface area contributed by atoms with Crippen molar-refractivity contribution in [3.8, 4) is 0 Å². The highest BCUT2D eigenvalue weighted by atomic mass is 16.1. The lowest BCUT2D eigenvalue weighted by atomic mass is 10.0. The van der Waals surface area contributed by atoms with E-state index < -0.39 is 0 Å². The average Bonchev–Trinajstić information content (AvgIpc) is 2.15. The summed E-state index contributed by atoms with van der Waals surface area (Å²) < 4.78 is 0. The number of hydrogen-bond donors (Lipinski definition) is 1. The predicted octanol–water partition coefficient (Wildman–Crippen LogP) is 2.55. The maximum absolute atomic E-state index is 10.9. The fraction of sp³-hybridized carbons (Fsp3) is 0.364. The minimum absolute atomic E-state index is 0.0606. The van der Waals surface area contributed by atoms with Crippen molar-refractivity contribution in [3.63, 3.8) is 0 Å². The van der Waals surface area contributed by atoms with Gasteiger partial charge in [-0.1, -0.05) is 33.1 Å². The Labute approximate surface area is 80.0 Å². The van der Waals surface area contributed by atoms with Crippen molar-refractivity contribution in [1.82, 2.24) is 5.32 Å². The maximum atomic E-state index is 10.9. The Bertz CT molecular complexity index is 238. The van der Waals surface area contributed by atoms with Crippen LogP contribution in [0.2, 0.25) is 0 Å². The standard InChI is InChI=1S/C9H11NO.C2H6/c1-3-4-8-7(2)5-6-9(11)10-8;1-2/h3-4H,1-2,5-6H2,(H,10,11);1-2H3/b8-4+;. The van der Waals surface area contributed by atoms with E-state index in [0.29, 0.717) is 6.42 Å². The number of nitrogens with one attached hydrogen (secondary N) is 1. The molecule has 0 spiro atoms. The lowest BCUT2D eigenvalue weighted by Crippen LogP contribution is -2.27. The first-order chi connectivity index (χ1) is 6.24. The molecule has 2 heteroatoms. The molecule has 13 heavy (non-hydrogen) atoms. The van der Waals surface area contributed by atoms with E-state index >= 15 is 0 Å². The zero-order valence-electron chi connectivity index (χ0n) is 8.39. The number of hydrogen-bond acceptors (Lipinski definition) is 1. The fourth-order valence-corrected chi connectivity index (χ4v) is 0.978. The molecular formula is C11H17NO. The van der Waals surface area contributed by atoms with Crippen LogP contribution in [0.25, 0.3) is 0 Å². The first kappa shape index (κ1) is 11.7. The molecular weight excluding hydrogens is 162 g/mol. The van der Waals surface area contributed by atoms with E-state index in [4.69, 9.17) is 0 Å². The van der Waals surface area contributed by atoms with Crippen LogP contribution in [0.4, 0.5) is 0 Å². The highest BCUT2D eigenvalue weighted by molar-refractivity contribution is 5.81. The van der Waals surface area contributed by atoms with Crippen molar-refractivity contribution in [2.75, 3.05) is 0 Å². The molecule has 0 atom stereocenters. The van der Waals surface area contributed by atoms with Gasteiger partial charge in [-0.05, 0) is 18.1 Å². The van der Waals surface area contributed by atoms with Crippen molar-refractivity contribution in [3.05, 3.63) is 36.6 Å². The number of carbonyl (C=O) groups is 1. The molecule has 0 aromatic carbocycles. The van der Waals surface area contributed by atoms with Gasteiger partial charge in [-0.3, -0.25) is 4.79 Å². The molecule has 1 saturated heterocycles. The molecule has 1 amide bonds. The molecule has 0 unspecified atom stereocenters. The van der Waals surface area contributed by atoms with Crippen molar-refractivity contribution in [2.24, 2.45) is 0 Å². The zero-order chi connectivity index (χ0) is 10.3. The van der Waals surface area contributed by atoms with E-state index in [1.807, 2.05) is 13.8 Å². The zero-order valence-corrected chi connectivity index (χ0v) is 8.39. The normalized spacial score (nSPS) is 18.8. The minimum atomic E-state index is 0.0606. The van der Waals surface area contributed by atoms with Crippen LogP contribution in [0, 0.1) is 0 Å². The Morgan fingerprint density at radius 3 is 2.54 bits per heavy atom. The molecule has 72 valence electrons. The Morgan fingerprint density at radius 2 is 2.00 bits per heavy atom. The Kier molecular flexibility index (Phi) is 5.60. The summed E-state index contributed by atoms with van der Waals surface area (Å²) in [5.41, 5.74) is 1.78. The minimum Gasteiger partial charge on any atom is -0.326 e. The molecule has 0 radical (unpaired) electrons. The van der Waals surface area contributed by atoms with E-state index in [2.05, 4.69) is 18.5 Å². The van der Waals surface area contributed by atoms with Gasteiger partial charge in [-0.15, -0.1) is 0 Å². The van der Waals surface area contributed by atoms with E-state index in [9.17, 15) is 4.79 Å². The quantitative estimate of drug-likeness (QED) is 0.658. The first-order valence-corrected chi connectivity index (χ1v) is 4.55. The average molecular weight is 179 g/mol. The van der Waals surface area contributed by atoms with E-state index in [0.717, 1.165) is 17.7 Å². The van der Waals surface area contributed by atoms with Crippen LogP contribution in [0.15, 0.2) is 36.6 Å². The number of rotatable bonds is 1. The third kappa shape index (κ3) is 3.74. The van der Waals surface area contributed by atoms with E-state index in [1.165, 1.54) is 0 Å². The van der Waals surface area contributed by atoms with Gasteiger partial charge in [-0.25, -0.2) is 0 Å². The summed E-state index contributed by atoms with van der Waals surface area (Å²) >= 11 is 0. The predicted molar refractivity (Wildman–Crippen MR) is 56.1 cm³/mol. The largest absolute Gasteiger partial charge is 0.326 e. The molecule has 0 saturated carbocycles. The van der Waals surface area contributed by atoms with Crippen molar-refractivity contribution in [2.45, 2.75) is 26.7 Å². The summed E-state index contributed by atoms with van der Waals surface area (Å²) in [6.07, 6.45) is 4.71. The second kappa shape index (κ2) is 6.23. The Hall–Kier alpha value is -1.31. The van der Waals surface area contributed by atoms with Gasteiger partial charge in [0.1, 0.15) is 0 Å². The number of allylic oxidation sites excluding steroid dienone is 3. The van der Waals surface area contributed by atoms with Gasteiger partial charge >= 0.3 is 0 Å². The van der Waals surface area contributed by atoms with Gasteiger partial charge < -0.3 is 5.32 Å². The van der Waals surface area contributed by atoms with Gasteiger partial charge in [0.2, 0.25) is 5.91 Å². The summed E-state index contributed by atoms with van der Waals surface area (Å²) in [5, 5.41) is 2.72. The van der Waals surface area contributed by atoms with E-state index in [-0.39, 0.29) is 5.91 Å². The SMILES string of the molecule is C=C/C=C1/NC(=O)CCC1=C.CC. The molecule has 0 bridgehead atoms. The Balaban J connectivity index is 0.000000671. The summed E-state index contributed by atoms with van der Waals surface area (Å²) in [7, 11) is 0. The highest BCUT2D eigenvalue weighted by Crippen LogP contribution is 2.16. The summed E-state index contributed by atoms with van der Waals surface area (Å²) in [6.45, 7) is 11.4.